The van der Waals surface area contributed by atoms with Crippen LogP contribution in [0.1, 0.15) is 31.8 Å². The molecule has 0 fully saturated rings. The zero-order chi connectivity index (χ0) is 32.5. The lowest BCUT2D eigenvalue weighted by Gasteiger charge is -2.40. The van der Waals surface area contributed by atoms with Crippen molar-refractivity contribution >= 4 is 33.5 Å². The highest BCUT2D eigenvalue weighted by Gasteiger charge is 2.51. The Kier molecular flexibility index (Phi) is 3.22. The average Bonchev–Trinajstić information content (AvgIpc) is 3.62. The summed E-state index contributed by atoms with van der Waals surface area (Å²) >= 11 is 6.95. The van der Waals surface area contributed by atoms with Crippen molar-refractivity contribution in [3.05, 3.63) is 155 Å². The number of fused-ring (bicyclic) bond motifs is 12. The maximum absolute atomic E-state index is 9.46. The van der Waals surface area contributed by atoms with Crippen LogP contribution in [0.4, 0.5) is 0 Å². The molecule has 3 heteroatoms. The second-order valence-corrected chi connectivity index (χ2v) is 10.5. The molecule has 1 aliphatic heterocycles. The number of para-hydroxylation sites is 2. The standard InChI is InChI=1S/C37H21ClO2/c38-23-20-27(22-17-18-34-28(19-22)26-11-3-7-15-33(26)39-34)36-32(21-23)37(31-14-6-8-16-35(31)40-36)29-12-4-1-9-24(29)25-10-2-5-13-30(25)37/h1-21H/i3D,7D,11D,15D,17D,18D,19D. The highest BCUT2D eigenvalue weighted by atomic mass is 35.5. The molecule has 2 nitrogen and oxygen atoms in total. The molecule has 0 N–H and O–H groups in total. The van der Waals surface area contributed by atoms with E-state index < -0.39 is 23.5 Å². The Labute approximate surface area is 245 Å². The summed E-state index contributed by atoms with van der Waals surface area (Å²) in [6.45, 7) is 0. The molecule has 40 heavy (non-hydrogen) atoms. The smallest absolute Gasteiger partial charge is 0.140 e. The molecule has 0 saturated carbocycles. The van der Waals surface area contributed by atoms with Gasteiger partial charge in [-0.1, -0.05) is 103 Å². The van der Waals surface area contributed by atoms with E-state index in [-0.39, 0.29) is 51.7 Å². The van der Waals surface area contributed by atoms with Crippen molar-refractivity contribution in [2.45, 2.75) is 5.41 Å². The molecule has 2 heterocycles. The van der Waals surface area contributed by atoms with Crippen LogP contribution >= 0.6 is 11.6 Å². The van der Waals surface area contributed by atoms with Gasteiger partial charge >= 0.3 is 0 Å². The van der Waals surface area contributed by atoms with Crippen LogP contribution < -0.4 is 4.74 Å². The highest BCUT2D eigenvalue weighted by Crippen LogP contribution is 2.63. The van der Waals surface area contributed by atoms with Crippen molar-refractivity contribution < 1.29 is 18.7 Å². The molecule has 2 aliphatic rings. The minimum absolute atomic E-state index is 0.0111. The van der Waals surface area contributed by atoms with Crippen molar-refractivity contribution in [3.63, 3.8) is 0 Å². The van der Waals surface area contributed by atoms with Crippen molar-refractivity contribution in [1.82, 2.24) is 0 Å². The Morgan fingerprint density at radius 1 is 0.625 bits per heavy atom. The molecular weight excluding hydrogens is 512 g/mol. The summed E-state index contributed by atoms with van der Waals surface area (Å²) in [6, 6.07) is 25.1. The van der Waals surface area contributed by atoms with Gasteiger partial charge in [0.1, 0.15) is 22.7 Å². The van der Waals surface area contributed by atoms with Crippen molar-refractivity contribution in [2.75, 3.05) is 0 Å². The molecule has 9 rings (SSSR count). The van der Waals surface area contributed by atoms with Gasteiger partial charge in [0.25, 0.3) is 0 Å². The lowest BCUT2D eigenvalue weighted by molar-refractivity contribution is 0.438. The Morgan fingerprint density at radius 3 is 2.10 bits per heavy atom. The number of halogens is 1. The van der Waals surface area contributed by atoms with E-state index in [1.165, 1.54) is 0 Å². The van der Waals surface area contributed by atoms with Gasteiger partial charge in [-0.25, -0.2) is 0 Å². The molecule has 6 aromatic carbocycles. The third kappa shape index (κ3) is 2.74. The normalized spacial score (nSPS) is 16.5. The molecule has 0 saturated heterocycles. The first kappa shape index (κ1) is 16.3. The topological polar surface area (TPSA) is 22.4 Å². The highest BCUT2D eigenvalue weighted by molar-refractivity contribution is 6.31. The van der Waals surface area contributed by atoms with Gasteiger partial charge in [0.05, 0.1) is 15.0 Å². The van der Waals surface area contributed by atoms with Crippen molar-refractivity contribution in [3.8, 4) is 33.8 Å². The number of rotatable bonds is 1. The first-order valence-electron chi connectivity index (χ1n) is 16.4. The van der Waals surface area contributed by atoms with E-state index in [1.807, 2.05) is 54.6 Å². The van der Waals surface area contributed by atoms with Crippen LogP contribution in [-0.4, -0.2) is 0 Å². The Bertz CT molecular complexity index is 2510. The molecule has 0 unspecified atom stereocenters. The fourth-order valence-corrected chi connectivity index (χ4v) is 6.76. The van der Waals surface area contributed by atoms with E-state index in [0.29, 0.717) is 22.1 Å². The van der Waals surface area contributed by atoms with Gasteiger partial charge in [-0.3, -0.25) is 0 Å². The van der Waals surface area contributed by atoms with Gasteiger partial charge in [0.15, 0.2) is 0 Å². The third-order valence-corrected chi connectivity index (χ3v) is 8.29. The van der Waals surface area contributed by atoms with Crippen LogP contribution in [-0.2, 0) is 5.41 Å². The fraction of sp³-hybridized carbons (Fsp3) is 0.0270. The van der Waals surface area contributed by atoms with E-state index in [4.69, 9.17) is 29.0 Å². The van der Waals surface area contributed by atoms with E-state index in [2.05, 4.69) is 24.3 Å². The van der Waals surface area contributed by atoms with Gasteiger partial charge in [0.2, 0.25) is 0 Å². The molecule has 1 aliphatic carbocycles. The van der Waals surface area contributed by atoms with Crippen LogP contribution in [0.3, 0.4) is 0 Å². The number of benzene rings is 6. The quantitative estimate of drug-likeness (QED) is 0.207. The minimum Gasteiger partial charge on any atom is -0.456 e. The summed E-state index contributed by atoms with van der Waals surface area (Å²) in [6.07, 6.45) is 0. The second kappa shape index (κ2) is 7.88. The van der Waals surface area contributed by atoms with Gasteiger partial charge in [-0.2, -0.15) is 0 Å². The summed E-state index contributed by atoms with van der Waals surface area (Å²) in [5, 5.41) is 0.356. The molecule has 188 valence electrons. The number of ether oxygens (including phenoxy) is 1. The van der Waals surface area contributed by atoms with Gasteiger partial charge < -0.3 is 9.15 Å². The molecule has 0 bridgehead atoms. The fourth-order valence-electron chi connectivity index (χ4n) is 6.54. The number of hydrogen-bond acceptors (Lipinski definition) is 2. The average molecular weight is 540 g/mol. The Balaban J connectivity index is 1.45. The van der Waals surface area contributed by atoms with Crippen molar-refractivity contribution in [2.24, 2.45) is 0 Å². The second-order valence-electron chi connectivity index (χ2n) is 10.0. The largest absolute Gasteiger partial charge is 0.456 e. The SMILES string of the molecule is [2H]c1c([2H])c([2H])c2c(oc3c([2H])c([2H])c(-c4cc(Cl)cc5c4Oc4ccccc4C54c5ccccc5-c5ccccc54)c([2H])c32)c1[2H]. The van der Waals surface area contributed by atoms with Crippen LogP contribution in [0.5, 0.6) is 11.5 Å². The Morgan fingerprint density at radius 2 is 1.30 bits per heavy atom. The summed E-state index contributed by atoms with van der Waals surface area (Å²) in [7, 11) is 0. The number of furan rings is 1. The van der Waals surface area contributed by atoms with Crippen LogP contribution in [0.25, 0.3) is 44.2 Å². The van der Waals surface area contributed by atoms with Gasteiger partial charge in [-0.05, 0) is 64.1 Å². The molecular formula is C37H21ClO2. The van der Waals surface area contributed by atoms with E-state index in [9.17, 15) is 1.37 Å². The molecule has 0 atom stereocenters. The van der Waals surface area contributed by atoms with Crippen LogP contribution in [0, 0.1) is 0 Å². The van der Waals surface area contributed by atoms with E-state index >= 15 is 0 Å². The van der Waals surface area contributed by atoms with E-state index in [0.717, 1.165) is 33.4 Å². The predicted octanol–water partition coefficient (Wildman–Crippen LogP) is 10.4. The van der Waals surface area contributed by atoms with Crippen LogP contribution in [0.15, 0.2) is 132 Å². The zero-order valence-electron chi connectivity index (χ0n) is 27.8. The maximum atomic E-state index is 9.46. The molecule has 0 radical (unpaired) electrons. The summed E-state index contributed by atoms with van der Waals surface area (Å²) in [4.78, 5) is 0. The van der Waals surface area contributed by atoms with Crippen molar-refractivity contribution in [1.29, 1.82) is 0 Å². The maximum Gasteiger partial charge on any atom is 0.140 e. The molecule has 7 aromatic rings. The van der Waals surface area contributed by atoms with Gasteiger partial charge in [0, 0.05) is 32.5 Å². The predicted molar refractivity (Wildman–Crippen MR) is 162 cm³/mol. The zero-order valence-corrected chi connectivity index (χ0v) is 21.5. The molecule has 0 amide bonds. The summed E-state index contributed by atoms with van der Waals surface area (Å²) in [5.41, 5.74) is 5.07. The minimum atomic E-state index is -0.850. The first-order chi connectivity index (χ1) is 22.7. The lowest BCUT2D eigenvalue weighted by atomic mass is 9.65. The monoisotopic (exact) mass is 539 g/mol. The van der Waals surface area contributed by atoms with E-state index in [1.54, 1.807) is 6.07 Å². The lowest BCUT2D eigenvalue weighted by Crippen LogP contribution is -2.32. The summed E-state index contributed by atoms with van der Waals surface area (Å²) in [5.74, 6) is 0.984. The van der Waals surface area contributed by atoms with Crippen LogP contribution in [0.2, 0.25) is 5.02 Å². The third-order valence-electron chi connectivity index (χ3n) is 8.07. The number of hydrogen-bond donors (Lipinski definition) is 0. The molecule has 1 aromatic heterocycles. The summed E-state index contributed by atoms with van der Waals surface area (Å²) < 4.78 is 73.6. The van der Waals surface area contributed by atoms with Gasteiger partial charge in [-0.15, -0.1) is 0 Å². The first-order valence-corrected chi connectivity index (χ1v) is 13.3. The Hall–Kier alpha value is -4.79. The molecule has 1 spiro atoms.